The summed E-state index contributed by atoms with van der Waals surface area (Å²) in [5.41, 5.74) is 5.26. The van der Waals surface area contributed by atoms with Crippen molar-refractivity contribution in [1.82, 2.24) is 40.4 Å². The smallest absolute Gasteiger partial charge is 0.407 e. The fraction of sp³-hybridized carbons (Fsp3) is 0.455. The number of carbonyl (C=O) groups excluding carboxylic acids is 4. The number of carbonyl (C=O) groups is 4. The van der Waals surface area contributed by atoms with E-state index in [0.29, 0.717) is 28.8 Å². The molecule has 16 heteroatoms. The number of methoxy groups -OCH3 is 2. The Morgan fingerprint density at radius 2 is 1.40 bits per heavy atom. The van der Waals surface area contributed by atoms with E-state index in [-0.39, 0.29) is 41.8 Å². The van der Waals surface area contributed by atoms with Crippen LogP contribution in [0.2, 0.25) is 24.3 Å². The van der Waals surface area contributed by atoms with Gasteiger partial charge in [0.2, 0.25) is 11.8 Å². The van der Waals surface area contributed by atoms with E-state index in [0.717, 1.165) is 63.2 Å². The van der Waals surface area contributed by atoms with E-state index < -0.39 is 32.3 Å². The van der Waals surface area contributed by atoms with Crippen molar-refractivity contribution in [2.75, 3.05) is 20.4 Å². The Labute approximate surface area is 355 Å². The molecule has 1 aliphatic carbocycles. The first-order valence-electron chi connectivity index (χ1n) is 20.7. The summed E-state index contributed by atoms with van der Waals surface area (Å²) in [6.07, 6.45) is 1.14. The molecule has 3 aliphatic rings. The minimum Gasteiger partial charge on any atom is -0.453 e. The fourth-order valence-electron chi connectivity index (χ4n) is 9.20. The first kappa shape index (κ1) is 41.3. The highest BCUT2D eigenvalue weighted by molar-refractivity contribution is 6.78. The zero-order valence-electron chi connectivity index (χ0n) is 35.3. The highest BCUT2D eigenvalue weighted by Crippen LogP contribution is 2.54. The first-order chi connectivity index (χ1) is 28.6. The van der Waals surface area contributed by atoms with Gasteiger partial charge >= 0.3 is 12.2 Å². The quantitative estimate of drug-likeness (QED) is 0.102. The normalized spacial score (nSPS) is 21.6. The number of ether oxygens (including phenoxy) is 2. The second kappa shape index (κ2) is 15.9. The molecule has 0 bridgehead atoms. The minimum absolute atomic E-state index is 0.117. The number of nitrogens with one attached hydrogen (secondary N) is 4. The number of hydrogen-bond acceptors (Lipinski definition) is 8. The molecule has 0 radical (unpaired) electrons. The third-order valence-corrected chi connectivity index (χ3v) is 15.4. The molecule has 2 aromatic heterocycles. The molecule has 60 heavy (non-hydrogen) atoms. The maximum Gasteiger partial charge on any atom is 0.407 e. The van der Waals surface area contributed by atoms with Crippen molar-refractivity contribution in [2.24, 2.45) is 17.8 Å². The number of halogens is 1. The molecule has 4 N–H and O–H groups in total. The number of likely N-dealkylation sites (tertiary alicyclic amines) is 1. The van der Waals surface area contributed by atoms with Crippen LogP contribution in [-0.2, 0) is 19.1 Å². The summed E-state index contributed by atoms with van der Waals surface area (Å²) in [7, 11) is 0.806. The average Bonchev–Trinajstić information content (AvgIpc) is 3.55. The van der Waals surface area contributed by atoms with Crippen molar-refractivity contribution >= 4 is 65.5 Å². The maximum absolute atomic E-state index is 14.0. The number of piperidine rings is 1. The molecule has 4 heterocycles. The highest BCUT2D eigenvalue weighted by Gasteiger charge is 2.56. The van der Waals surface area contributed by atoms with Crippen LogP contribution in [0.4, 0.5) is 9.59 Å². The Morgan fingerprint density at radius 3 is 2.05 bits per heavy atom. The summed E-state index contributed by atoms with van der Waals surface area (Å²) in [5, 5.41) is 7.92. The largest absolute Gasteiger partial charge is 0.453 e. The van der Waals surface area contributed by atoms with Crippen molar-refractivity contribution in [3.8, 4) is 22.4 Å². The van der Waals surface area contributed by atoms with Gasteiger partial charge < -0.3 is 39.9 Å². The van der Waals surface area contributed by atoms with Gasteiger partial charge in [-0.25, -0.2) is 19.6 Å². The van der Waals surface area contributed by atoms with Gasteiger partial charge in [0.25, 0.3) is 0 Å². The van der Waals surface area contributed by atoms with E-state index in [1.807, 2.05) is 55.7 Å². The lowest BCUT2D eigenvalue weighted by Crippen LogP contribution is -2.52. The van der Waals surface area contributed by atoms with Crippen LogP contribution in [0.15, 0.2) is 54.6 Å². The molecule has 14 nitrogen and oxygen atoms in total. The van der Waals surface area contributed by atoms with Gasteiger partial charge in [-0.05, 0) is 65.3 Å². The lowest BCUT2D eigenvalue weighted by molar-refractivity contribution is -0.137. The van der Waals surface area contributed by atoms with Gasteiger partial charge in [0.15, 0.2) is 0 Å². The summed E-state index contributed by atoms with van der Waals surface area (Å²) in [4.78, 5) is 72.8. The zero-order chi connectivity index (χ0) is 42.8. The maximum atomic E-state index is 14.0. The number of fused-ring (bicyclic) bond motifs is 4. The van der Waals surface area contributed by atoms with E-state index in [1.165, 1.54) is 14.2 Å². The van der Waals surface area contributed by atoms with Crippen LogP contribution in [0.1, 0.15) is 64.3 Å². The Bertz CT molecular complexity index is 2480. The summed E-state index contributed by atoms with van der Waals surface area (Å²) in [6, 6.07) is 17.6. The van der Waals surface area contributed by atoms with Crippen LogP contribution in [0.5, 0.6) is 0 Å². The summed E-state index contributed by atoms with van der Waals surface area (Å²) >= 11 is 6.79. The van der Waals surface area contributed by atoms with E-state index in [9.17, 15) is 19.2 Å². The highest BCUT2D eigenvalue weighted by atomic mass is 35.5. The van der Waals surface area contributed by atoms with Gasteiger partial charge in [-0.1, -0.05) is 94.9 Å². The zero-order valence-corrected chi connectivity index (χ0v) is 37.0. The minimum atomic E-state index is -1.78. The van der Waals surface area contributed by atoms with E-state index in [4.69, 9.17) is 31.0 Å². The summed E-state index contributed by atoms with van der Waals surface area (Å²) in [6.45, 7) is 12.2. The molecule has 8 rings (SSSR count). The summed E-state index contributed by atoms with van der Waals surface area (Å²) in [5.74, 6) is 1.27. The predicted octanol–water partition coefficient (Wildman–Crippen LogP) is 7.98. The molecule has 6 atom stereocenters. The molecule has 0 unspecified atom stereocenters. The molecule has 0 spiro atoms. The van der Waals surface area contributed by atoms with Crippen LogP contribution in [0.25, 0.3) is 44.2 Å². The van der Waals surface area contributed by atoms with Gasteiger partial charge in [-0.3, -0.25) is 9.59 Å². The molecule has 316 valence electrons. The lowest BCUT2D eigenvalue weighted by atomic mass is 9.99. The number of aromatic nitrogens is 4. The second-order valence-electron chi connectivity index (χ2n) is 18.0. The standard InChI is InChI=1S/C44H53ClN8O6Si/c1-22(2)34(49-43(56)58-5)41(54)52-21-60(7,8)20-33(52)40-46-30-16-14-27-17-26(13-15-29(27)37(30)48-40)24-9-11-25(12-10-24)36-38(45)51-39(47-36)32-19-28-18-31(28)53(32)42(55)35(23(3)4)50-44(57)59-6/h9-17,22-23,28,31-35H,18-21H2,1-8H3,(H,46,48)(H,47,51)(H,49,56)(H,50,57)/t28-,31-,32+,33+,34+,35+/m1/s1. The van der Waals surface area contributed by atoms with Crippen molar-refractivity contribution in [3.05, 3.63) is 71.4 Å². The number of aromatic amines is 2. The van der Waals surface area contributed by atoms with Crippen molar-refractivity contribution in [1.29, 1.82) is 0 Å². The van der Waals surface area contributed by atoms with Gasteiger partial charge in [0.05, 0.1) is 45.4 Å². The van der Waals surface area contributed by atoms with Gasteiger partial charge in [-0.15, -0.1) is 0 Å². The number of hydrogen-bond donors (Lipinski definition) is 4. The van der Waals surface area contributed by atoms with Gasteiger partial charge in [0.1, 0.15) is 34.6 Å². The van der Waals surface area contributed by atoms with Gasteiger partial charge in [-0.2, -0.15) is 0 Å². The Kier molecular flexibility index (Phi) is 10.9. The van der Waals surface area contributed by atoms with Crippen LogP contribution < -0.4 is 10.6 Å². The number of H-pyrrole nitrogens is 2. The average molecular weight is 853 g/mol. The number of benzene rings is 3. The third-order valence-electron chi connectivity index (χ3n) is 12.4. The third kappa shape index (κ3) is 7.73. The number of imidazole rings is 2. The van der Waals surface area contributed by atoms with E-state index >= 15 is 0 Å². The molecule has 1 saturated carbocycles. The van der Waals surface area contributed by atoms with Crippen molar-refractivity contribution in [3.63, 3.8) is 0 Å². The van der Waals surface area contributed by atoms with Crippen molar-refractivity contribution in [2.45, 2.75) is 89.9 Å². The Morgan fingerprint density at radius 1 is 0.783 bits per heavy atom. The molecule has 2 aliphatic heterocycles. The predicted molar refractivity (Wildman–Crippen MR) is 233 cm³/mol. The van der Waals surface area contributed by atoms with Crippen molar-refractivity contribution < 1.29 is 28.7 Å². The Balaban J connectivity index is 1.02. The number of nitrogens with zero attached hydrogens (tertiary/aromatic N) is 4. The van der Waals surface area contributed by atoms with Crippen LogP contribution >= 0.6 is 11.6 Å². The molecule has 3 aromatic carbocycles. The summed E-state index contributed by atoms with van der Waals surface area (Å²) < 4.78 is 9.63. The molecule has 3 fully saturated rings. The lowest BCUT2D eigenvalue weighted by Gasteiger charge is -2.31. The molecular weight excluding hydrogens is 800 g/mol. The first-order valence-corrected chi connectivity index (χ1v) is 24.5. The van der Waals surface area contributed by atoms with Gasteiger partial charge in [0, 0.05) is 23.2 Å². The molecule has 5 aromatic rings. The molecule has 2 saturated heterocycles. The van der Waals surface area contributed by atoms with E-state index in [1.54, 1.807) is 0 Å². The molecular formula is C44H53ClN8O6Si. The van der Waals surface area contributed by atoms with Crippen LogP contribution in [-0.4, -0.2) is 100 Å². The molecule has 4 amide bonds. The van der Waals surface area contributed by atoms with Crippen LogP contribution in [0.3, 0.4) is 0 Å². The van der Waals surface area contributed by atoms with E-state index in [2.05, 4.69) is 70.1 Å². The Hall–Kier alpha value is -5.41. The number of alkyl carbamates (subject to hydrolysis) is 2. The topological polar surface area (TPSA) is 175 Å². The fourth-order valence-corrected chi connectivity index (χ4v) is 12.3. The number of rotatable bonds is 10. The number of amides is 4. The SMILES string of the molecule is COC(=O)N[C@H](C(=O)N1C[Si](C)(C)C[C@H]1c1nc2c(ccc3cc(-c4ccc(-c5nc([C@@H]6C[C@H]7C[C@H]7N6C(=O)[C@@H](NC(=O)OC)C(C)C)[nH]c5Cl)cc4)ccc32)[nH]1)C(C)C. The monoisotopic (exact) mass is 852 g/mol. The second-order valence-corrected chi connectivity index (χ2v) is 23.4. The van der Waals surface area contributed by atoms with Crippen LogP contribution in [0, 0.1) is 17.8 Å².